The molecular weight excluding hydrogens is 154 g/mol. The molecule has 1 unspecified atom stereocenters. The summed E-state index contributed by atoms with van der Waals surface area (Å²) in [5.41, 5.74) is 0. The molecule has 0 aliphatic heterocycles. The van der Waals surface area contributed by atoms with Crippen molar-refractivity contribution in [3.05, 3.63) is 4.91 Å². The minimum absolute atomic E-state index is 0.0460. The maximum Gasteiger partial charge on any atom is 0.163 e. The Morgan fingerprint density at radius 2 is 1.92 bits per heavy atom. The highest BCUT2D eigenvalue weighted by Gasteiger charge is 2.25. The fourth-order valence-electron chi connectivity index (χ4n) is 1.78. The third-order valence-corrected chi connectivity index (χ3v) is 2.58. The molecule has 3 nitrogen and oxygen atoms in total. The molecule has 1 atom stereocenters. The summed E-state index contributed by atoms with van der Waals surface area (Å²) in [6.07, 6.45) is 5.40. The maximum atomic E-state index is 11.4. The van der Waals surface area contributed by atoms with E-state index in [0.29, 0.717) is 0 Å². The average Bonchev–Trinajstić information content (AvgIpc) is 2.17. The van der Waals surface area contributed by atoms with Gasteiger partial charge in [0.25, 0.3) is 0 Å². The number of nitroso groups, excluding NO2 is 1. The number of hydrogen-bond donors (Lipinski definition) is 0. The van der Waals surface area contributed by atoms with Gasteiger partial charge in [-0.2, -0.15) is 4.91 Å². The number of ketones is 1. The van der Waals surface area contributed by atoms with Gasteiger partial charge in [-0.25, -0.2) is 0 Å². The van der Waals surface area contributed by atoms with E-state index < -0.39 is 6.04 Å². The van der Waals surface area contributed by atoms with E-state index in [0.717, 1.165) is 25.7 Å². The SMILES string of the molecule is CC(N=O)C(=O)C1CCCCC1. The molecule has 1 aliphatic rings. The maximum absolute atomic E-state index is 11.4. The lowest BCUT2D eigenvalue weighted by Gasteiger charge is -2.20. The highest BCUT2D eigenvalue weighted by Crippen LogP contribution is 2.25. The van der Waals surface area contributed by atoms with Crippen LogP contribution in [0.4, 0.5) is 0 Å². The molecule has 1 saturated carbocycles. The van der Waals surface area contributed by atoms with Crippen molar-refractivity contribution in [2.45, 2.75) is 45.1 Å². The van der Waals surface area contributed by atoms with Crippen molar-refractivity contribution in [2.24, 2.45) is 11.1 Å². The summed E-state index contributed by atoms with van der Waals surface area (Å²) in [4.78, 5) is 21.6. The van der Waals surface area contributed by atoms with Gasteiger partial charge in [0.1, 0.15) is 6.04 Å². The number of hydrogen-bond acceptors (Lipinski definition) is 3. The standard InChI is InChI=1S/C9H15NO2/c1-7(10-12)9(11)8-5-3-2-4-6-8/h7-8H,2-6H2,1H3. The molecule has 0 aromatic heterocycles. The lowest BCUT2D eigenvalue weighted by atomic mass is 9.84. The van der Waals surface area contributed by atoms with Crippen LogP contribution < -0.4 is 0 Å². The monoisotopic (exact) mass is 169 g/mol. The van der Waals surface area contributed by atoms with E-state index in [2.05, 4.69) is 5.18 Å². The number of carbonyl (C=O) groups excluding carboxylic acids is 1. The molecule has 68 valence electrons. The van der Waals surface area contributed by atoms with Crippen LogP contribution in [-0.2, 0) is 4.79 Å². The van der Waals surface area contributed by atoms with Crippen LogP contribution in [0, 0.1) is 10.8 Å². The van der Waals surface area contributed by atoms with Crippen LogP contribution in [0.25, 0.3) is 0 Å². The number of rotatable bonds is 3. The van der Waals surface area contributed by atoms with Gasteiger partial charge in [0.05, 0.1) is 0 Å². The molecule has 1 aliphatic carbocycles. The topological polar surface area (TPSA) is 46.5 Å². The van der Waals surface area contributed by atoms with Crippen LogP contribution in [0.15, 0.2) is 5.18 Å². The Morgan fingerprint density at radius 1 is 1.33 bits per heavy atom. The predicted molar refractivity (Wildman–Crippen MR) is 46.8 cm³/mol. The van der Waals surface area contributed by atoms with Crippen LogP contribution in [0.1, 0.15) is 39.0 Å². The van der Waals surface area contributed by atoms with E-state index in [4.69, 9.17) is 0 Å². The third kappa shape index (κ3) is 2.13. The van der Waals surface area contributed by atoms with Crippen molar-refractivity contribution in [2.75, 3.05) is 0 Å². The molecule has 0 heterocycles. The van der Waals surface area contributed by atoms with Crippen molar-refractivity contribution < 1.29 is 4.79 Å². The summed E-state index contributed by atoms with van der Waals surface area (Å²) in [6.45, 7) is 1.59. The summed E-state index contributed by atoms with van der Waals surface area (Å²) < 4.78 is 0. The fourth-order valence-corrected chi connectivity index (χ4v) is 1.78. The first-order valence-corrected chi connectivity index (χ1v) is 4.62. The number of nitrogens with zero attached hydrogens (tertiary/aromatic N) is 1. The fraction of sp³-hybridized carbons (Fsp3) is 0.889. The highest BCUT2D eigenvalue weighted by molar-refractivity contribution is 5.86. The summed E-state index contributed by atoms with van der Waals surface area (Å²) in [6, 6.07) is -0.631. The van der Waals surface area contributed by atoms with Gasteiger partial charge in [0, 0.05) is 5.92 Å². The van der Waals surface area contributed by atoms with E-state index >= 15 is 0 Å². The van der Waals surface area contributed by atoms with Crippen LogP contribution >= 0.6 is 0 Å². The molecule has 0 amide bonds. The van der Waals surface area contributed by atoms with Crippen molar-refractivity contribution in [3.63, 3.8) is 0 Å². The lowest BCUT2D eigenvalue weighted by molar-refractivity contribution is -0.124. The zero-order chi connectivity index (χ0) is 8.97. The number of Topliss-reactive ketones (excluding diaryl/α,β-unsaturated/α-hetero) is 1. The van der Waals surface area contributed by atoms with Crippen LogP contribution in [0.3, 0.4) is 0 Å². The van der Waals surface area contributed by atoms with Crippen molar-refractivity contribution >= 4 is 5.78 Å². The third-order valence-electron chi connectivity index (χ3n) is 2.58. The molecule has 0 saturated heterocycles. The Hall–Kier alpha value is -0.730. The first-order valence-electron chi connectivity index (χ1n) is 4.62. The normalized spacial score (nSPS) is 21.8. The Balaban J connectivity index is 2.44. The minimum Gasteiger partial charge on any atom is -0.297 e. The molecular formula is C9H15NO2. The van der Waals surface area contributed by atoms with Gasteiger partial charge in [-0.1, -0.05) is 24.4 Å². The summed E-state index contributed by atoms with van der Waals surface area (Å²) in [5.74, 6) is 0.163. The van der Waals surface area contributed by atoms with Gasteiger partial charge in [-0.15, -0.1) is 0 Å². The predicted octanol–water partition coefficient (Wildman–Crippen LogP) is 2.29. The zero-order valence-electron chi connectivity index (χ0n) is 7.45. The number of carbonyl (C=O) groups is 1. The van der Waals surface area contributed by atoms with E-state index in [1.54, 1.807) is 6.92 Å². The van der Waals surface area contributed by atoms with Gasteiger partial charge in [0.2, 0.25) is 0 Å². The Bertz CT molecular complexity index is 173. The molecule has 0 aromatic carbocycles. The largest absolute Gasteiger partial charge is 0.297 e. The molecule has 0 aromatic rings. The Morgan fingerprint density at radius 3 is 2.42 bits per heavy atom. The molecule has 1 rings (SSSR count). The van der Waals surface area contributed by atoms with Gasteiger partial charge in [0.15, 0.2) is 5.78 Å². The molecule has 0 spiro atoms. The van der Waals surface area contributed by atoms with Gasteiger partial charge in [-0.3, -0.25) is 4.79 Å². The van der Waals surface area contributed by atoms with Crippen LogP contribution in [-0.4, -0.2) is 11.8 Å². The smallest absolute Gasteiger partial charge is 0.163 e. The van der Waals surface area contributed by atoms with Crippen LogP contribution in [0.5, 0.6) is 0 Å². The van der Waals surface area contributed by atoms with Crippen molar-refractivity contribution in [1.82, 2.24) is 0 Å². The summed E-state index contributed by atoms with van der Waals surface area (Å²) >= 11 is 0. The van der Waals surface area contributed by atoms with Gasteiger partial charge >= 0.3 is 0 Å². The van der Waals surface area contributed by atoms with Gasteiger partial charge < -0.3 is 0 Å². The lowest BCUT2D eigenvalue weighted by Crippen LogP contribution is -2.25. The second kappa shape index (κ2) is 4.33. The molecule has 12 heavy (non-hydrogen) atoms. The first-order chi connectivity index (χ1) is 5.75. The van der Waals surface area contributed by atoms with Gasteiger partial charge in [-0.05, 0) is 19.8 Å². The second-order valence-corrected chi connectivity index (χ2v) is 3.52. The molecule has 1 fully saturated rings. The molecule has 3 heteroatoms. The van der Waals surface area contributed by atoms with Crippen molar-refractivity contribution in [1.29, 1.82) is 0 Å². The van der Waals surface area contributed by atoms with E-state index in [1.165, 1.54) is 6.42 Å². The molecule has 0 bridgehead atoms. The van der Waals surface area contributed by atoms with E-state index in [1.807, 2.05) is 0 Å². The van der Waals surface area contributed by atoms with E-state index in [9.17, 15) is 9.70 Å². The Labute approximate surface area is 72.5 Å². The molecule has 0 N–H and O–H groups in total. The average molecular weight is 169 g/mol. The first kappa shape index (κ1) is 9.36. The zero-order valence-corrected chi connectivity index (χ0v) is 7.45. The Kier molecular flexibility index (Phi) is 3.38. The van der Waals surface area contributed by atoms with Crippen molar-refractivity contribution in [3.8, 4) is 0 Å². The summed E-state index contributed by atoms with van der Waals surface area (Å²) in [5, 5.41) is 2.76. The second-order valence-electron chi connectivity index (χ2n) is 3.52. The van der Waals surface area contributed by atoms with Crippen LogP contribution in [0.2, 0.25) is 0 Å². The quantitative estimate of drug-likeness (QED) is 0.608. The van der Waals surface area contributed by atoms with E-state index in [-0.39, 0.29) is 11.7 Å². The molecule has 0 radical (unpaired) electrons. The minimum atomic E-state index is -0.631. The highest BCUT2D eigenvalue weighted by atomic mass is 16.3. The summed E-state index contributed by atoms with van der Waals surface area (Å²) in [7, 11) is 0.